The van der Waals surface area contributed by atoms with Crippen molar-refractivity contribution < 1.29 is 9.59 Å². The lowest BCUT2D eigenvalue weighted by molar-refractivity contribution is -0.123. The smallest absolute Gasteiger partial charge is 0.274 e. The molecule has 1 fully saturated rings. The van der Waals surface area contributed by atoms with Crippen molar-refractivity contribution in [2.24, 2.45) is 11.7 Å². The summed E-state index contributed by atoms with van der Waals surface area (Å²) >= 11 is 5.91. The Kier molecular flexibility index (Phi) is 3.55. The topological polar surface area (TPSA) is 80.7 Å². The highest BCUT2D eigenvalue weighted by atomic mass is 35.5. The molecule has 0 unspecified atom stereocenters. The Morgan fingerprint density at radius 3 is 2.62 bits per heavy atom. The standard InChI is InChI=1S/C14H15ClN4O2/c15-10-1-2-12-17-11(8-19(12)7-10)14(21)18-5-3-9(4-6-18)13(16)20/h1-2,7-9H,3-6H2,(H2,16,20). The monoisotopic (exact) mass is 306 g/mol. The fourth-order valence-corrected chi connectivity index (χ4v) is 2.76. The number of aromatic nitrogens is 2. The quantitative estimate of drug-likeness (QED) is 0.908. The van der Waals surface area contributed by atoms with E-state index in [9.17, 15) is 9.59 Å². The van der Waals surface area contributed by atoms with Crippen molar-refractivity contribution in [1.82, 2.24) is 14.3 Å². The largest absolute Gasteiger partial charge is 0.369 e. The molecular weight excluding hydrogens is 292 g/mol. The molecule has 0 aromatic carbocycles. The average molecular weight is 307 g/mol. The van der Waals surface area contributed by atoms with Crippen molar-refractivity contribution in [2.75, 3.05) is 13.1 Å². The van der Waals surface area contributed by atoms with E-state index in [0.717, 1.165) is 0 Å². The van der Waals surface area contributed by atoms with E-state index in [1.807, 2.05) is 0 Å². The molecule has 6 nitrogen and oxygen atoms in total. The number of imidazole rings is 1. The second kappa shape index (κ2) is 5.37. The minimum atomic E-state index is -0.288. The van der Waals surface area contributed by atoms with Crippen molar-refractivity contribution in [3.8, 4) is 0 Å². The number of piperidine rings is 1. The molecule has 0 atom stereocenters. The van der Waals surface area contributed by atoms with Gasteiger partial charge in [-0.1, -0.05) is 11.6 Å². The first kappa shape index (κ1) is 13.9. The predicted octanol–water partition coefficient (Wildman–Crippen LogP) is 1.33. The van der Waals surface area contributed by atoms with Gasteiger partial charge in [-0.2, -0.15) is 0 Å². The maximum Gasteiger partial charge on any atom is 0.274 e. The van der Waals surface area contributed by atoms with Gasteiger partial charge in [-0.3, -0.25) is 9.59 Å². The SMILES string of the molecule is NC(=O)C1CCN(C(=O)c2cn3cc(Cl)ccc3n2)CC1. The minimum absolute atomic E-state index is 0.127. The summed E-state index contributed by atoms with van der Waals surface area (Å²) in [4.78, 5) is 29.6. The third-order valence-corrected chi connectivity index (χ3v) is 4.04. The first-order valence-electron chi connectivity index (χ1n) is 6.77. The van der Waals surface area contributed by atoms with Gasteiger partial charge in [0.05, 0.1) is 5.02 Å². The summed E-state index contributed by atoms with van der Waals surface area (Å²) in [6.07, 6.45) is 4.60. The van der Waals surface area contributed by atoms with Gasteiger partial charge in [0, 0.05) is 31.4 Å². The number of pyridine rings is 1. The molecule has 2 N–H and O–H groups in total. The molecule has 1 aliphatic rings. The van der Waals surface area contributed by atoms with Crippen LogP contribution in [0.25, 0.3) is 5.65 Å². The van der Waals surface area contributed by atoms with Gasteiger partial charge in [0.25, 0.3) is 5.91 Å². The molecule has 2 aromatic heterocycles. The summed E-state index contributed by atoms with van der Waals surface area (Å²) < 4.78 is 1.73. The van der Waals surface area contributed by atoms with Gasteiger partial charge in [0.2, 0.25) is 5.91 Å². The van der Waals surface area contributed by atoms with Crippen LogP contribution in [0.3, 0.4) is 0 Å². The van der Waals surface area contributed by atoms with Gasteiger partial charge < -0.3 is 15.0 Å². The van der Waals surface area contributed by atoms with Crippen LogP contribution >= 0.6 is 11.6 Å². The van der Waals surface area contributed by atoms with Gasteiger partial charge in [0.1, 0.15) is 11.3 Å². The molecule has 7 heteroatoms. The summed E-state index contributed by atoms with van der Waals surface area (Å²) in [6, 6.07) is 3.49. The second-order valence-electron chi connectivity index (χ2n) is 5.21. The number of rotatable bonds is 2. The van der Waals surface area contributed by atoms with Gasteiger partial charge in [0.15, 0.2) is 0 Å². The summed E-state index contributed by atoms with van der Waals surface area (Å²) in [5.74, 6) is -0.545. The van der Waals surface area contributed by atoms with Crippen LogP contribution in [0.15, 0.2) is 24.5 Å². The van der Waals surface area contributed by atoms with Crippen LogP contribution in [0.2, 0.25) is 5.02 Å². The van der Waals surface area contributed by atoms with E-state index in [2.05, 4.69) is 4.98 Å². The van der Waals surface area contributed by atoms with Crippen molar-refractivity contribution in [3.05, 3.63) is 35.2 Å². The number of nitrogens with zero attached hydrogens (tertiary/aromatic N) is 3. The number of hydrogen-bond acceptors (Lipinski definition) is 3. The van der Waals surface area contributed by atoms with E-state index < -0.39 is 0 Å². The molecule has 0 aliphatic carbocycles. The van der Waals surface area contributed by atoms with Crippen LogP contribution in [0.1, 0.15) is 23.3 Å². The van der Waals surface area contributed by atoms with E-state index in [-0.39, 0.29) is 17.7 Å². The molecule has 1 aliphatic heterocycles. The maximum absolute atomic E-state index is 12.4. The van der Waals surface area contributed by atoms with Crippen molar-refractivity contribution >= 4 is 29.1 Å². The highest BCUT2D eigenvalue weighted by Crippen LogP contribution is 2.19. The lowest BCUT2D eigenvalue weighted by Gasteiger charge is -2.29. The van der Waals surface area contributed by atoms with Crippen LogP contribution < -0.4 is 5.73 Å². The molecule has 0 spiro atoms. The number of fused-ring (bicyclic) bond motifs is 1. The third-order valence-electron chi connectivity index (χ3n) is 3.82. The Morgan fingerprint density at radius 2 is 1.95 bits per heavy atom. The zero-order valence-corrected chi connectivity index (χ0v) is 12.1. The molecule has 21 heavy (non-hydrogen) atoms. The molecule has 0 saturated carbocycles. The van der Waals surface area contributed by atoms with E-state index in [0.29, 0.717) is 42.3 Å². The Labute approximate surface area is 126 Å². The summed E-state index contributed by atoms with van der Waals surface area (Å²) in [5, 5.41) is 0.584. The van der Waals surface area contributed by atoms with Crippen molar-refractivity contribution in [1.29, 1.82) is 0 Å². The molecule has 2 amide bonds. The van der Waals surface area contributed by atoms with Crippen LogP contribution in [0, 0.1) is 5.92 Å². The van der Waals surface area contributed by atoms with Crippen molar-refractivity contribution in [2.45, 2.75) is 12.8 Å². The Morgan fingerprint density at radius 1 is 1.24 bits per heavy atom. The lowest BCUT2D eigenvalue weighted by Crippen LogP contribution is -2.41. The van der Waals surface area contributed by atoms with Crippen LogP contribution in [-0.2, 0) is 4.79 Å². The number of nitrogens with two attached hydrogens (primary N) is 1. The average Bonchev–Trinajstić information content (AvgIpc) is 2.89. The number of likely N-dealkylation sites (tertiary alicyclic amines) is 1. The summed E-state index contributed by atoms with van der Waals surface area (Å²) in [7, 11) is 0. The maximum atomic E-state index is 12.4. The molecule has 0 radical (unpaired) electrons. The predicted molar refractivity (Wildman–Crippen MR) is 78.0 cm³/mol. The molecule has 110 valence electrons. The molecule has 2 aromatic rings. The highest BCUT2D eigenvalue weighted by Gasteiger charge is 2.27. The molecule has 1 saturated heterocycles. The van der Waals surface area contributed by atoms with Crippen LogP contribution in [0.5, 0.6) is 0 Å². The van der Waals surface area contributed by atoms with Gasteiger partial charge >= 0.3 is 0 Å². The first-order valence-corrected chi connectivity index (χ1v) is 7.15. The lowest BCUT2D eigenvalue weighted by atomic mass is 9.96. The number of halogens is 1. The fourth-order valence-electron chi connectivity index (χ4n) is 2.60. The molecular formula is C14H15ClN4O2. The second-order valence-corrected chi connectivity index (χ2v) is 5.64. The van der Waals surface area contributed by atoms with Crippen molar-refractivity contribution in [3.63, 3.8) is 0 Å². The fraction of sp³-hybridized carbons (Fsp3) is 0.357. The first-order chi connectivity index (χ1) is 10.0. The zero-order valence-electron chi connectivity index (χ0n) is 11.3. The Balaban J connectivity index is 1.76. The normalized spacial score (nSPS) is 16.3. The van der Waals surface area contributed by atoms with Gasteiger partial charge in [-0.15, -0.1) is 0 Å². The minimum Gasteiger partial charge on any atom is -0.369 e. The Bertz CT molecular complexity index is 704. The number of primary amides is 1. The molecule has 0 bridgehead atoms. The number of carbonyl (C=O) groups is 2. The van der Waals surface area contributed by atoms with E-state index in [1.54, 1.807) is 33.8 Å². The number of amides is 2. The summed E-state index contributed by atoms with van der Waals surface area (Å²) in [5.41, 5.74) is 6.35. The Hall–Kier alpha value is -2.08. The third kappa shape index (κ3) is 2.71. The molecule has 3 heterocycles. The van der Waals surface area contributed by atoms with Crippen LogP contribution in [-0.4, -0.2) is 39.2 Å². The number of carbonyl (C=O) groups excluding carboxylic acids is 2. The number of hydrogen-bond donors (Lipinski definition) is 1. The van der Waals surface area contributed by atoms with Crippen LogP contribution in [0.4, 0.5) is 0 Å². The van der Waals surface area contributed by atoms with E-state index >= 15 is 0 Å². The summed E-state index contributed by atoms with van der Waals surface area (Å²) in [6.45, 7) is 1.06. The van der Waals surface area contributed by atoms with E-state index in [4.69, 9.17) is 17.3 Å². The highest BCUT2D eigenvalue weighted by molar-refractivity contribution is 6.30. The van der Waals surface area contributed by atoms with Gasteiger partial charge in [-0.25, -0.2) is 4.98 Å². The van der Waals surface area contributed by atoms with E-state index in [1.165, 1.54) is 0 Å². The van der Waals surface area contributed by atoms with Gasteiger partial charge in [-0.05, 0) is 25.0 Å². The molecule has 3 rings (SSSR count). The zero-order chi connectivity index (χ0) is 15.0.